The molecule has 1 fully saturated rings. The number of aliphatic carboxylic acids is 1. The second-order valence-electron chi connectivity index (χ2n) is 7.70. The van der Waals surface area contributed by atoms with Gasteiger partial charge in [0.2, 0.25) is 0 Å². The minimum absolute atomic E-state index is 0.0674. The number of carboxylic acid groups (broad SMARTS) is 1. The zero-order valence-corrected chi connectivity index (χ0v) is 15.7. The van der Waals surface area contributed by atoms with Crippen LogP contribution in [0.1, 0.15) is 39.0 Å². The molecule has 144 valence electrons. The Kier molecular flexibility index (Phi) is 5.21. The van der Waals surface area contributed by atoms with Gasteiger partial charge in [0, 0.05) is 18.7 Å². The van der Waals surface area contributed by atoms with Gasteiger partial charge in [-0.3, -0.25) is 4.79 Å². The molecule has 1 aromatic heterocycles. The summed E-state index contributed by atoms with van der Waals surface area (Å²) < 4.78 is 11.0. The first kappa shape index (κ1) is 18.9. The van der Waals surface area contributed by atoms with Gasteiger partial charge in [-0.25, -0.2) is 9.78 Å². The number of nitrogens with zero attached hydrogens (tertiary/aromatic N) is 2. The molecule has 0 saturated carbocycles. The van der Waals surface area contributed by atoms with Crippen LogP contribution >= 0.6 is 0 Å². The molecule has 1 N–H and O–H groups in total. The minimum Gasteiger partial charge on any atom is -0.481 e. The van der Waals surface area contributed by atoms with E-state index < -0.39 is 29.5 Å². The average Bonchev–Trinajstić information content (AvgIpc) is 3.10. The van der Waals surface area contributed by atoms with E-state index in [4.69, 9.17) is 9.15 Å². The third-order valence-electron chi connectivity index (χ3n) is 4.49. The molecule has 1 aliphatic rings. The molecule has 0 spiro atoms. The van der Waals surface area contributed by atoms with E-state index in [-0.39, 0.29) is 6.54 Å². The topological polar surface area (TPSA) is 92.9 Å². The second kappa shape index (κ2) is 7.42. The summed E-state index contributed by atoms with van der Waals surface area (Å²) in [5, 5.41) is 9.68. The maximum Gasteiger partial charge on any atom is 0.410 e. The van der Waals surface area contributed by atoms with Crippen LogP contribution in [0, 0.1) is 5.92 Å². The van der Waals surface area contributed by atoms with Gasteiger partial charge in [0.25, 0.3) is 0 Å². The molecule has 0 radical (unpaired) electrons. The number of piperidine rings is 1. The third kappa shape index (κ3) is 4.48. The van der Waals surface area contributed by atoms with Crippen LogP contribution in [0.2, 0.25) is 0 Å². The average molecular weight is 372 g/mol. The normalized spacial score (nSPS) is 20.3. The maximum atomic E-state index is 12.3. The largest absolute Gasteiger partial charge is 0.481 e. The lowest BCUT2D eigenvalue weighted by molar-refractivity contribution is -0.144. The van der Waals surface area contributed by atoms with Crippen molar-refractivity contribution < 1.29 is 23.8 Å². The molecule has 1 amide bonds. The molecule has 1 saturated heterocycles. The first-order valence-corrected chi connectivity index (χ1v) is 8.96. The number of carbonyl (C=O) groups is 2. The Balaban J connectivity index is 1.76. The number of hydrogen-bond donors (Lipinski definition) is 1. The Labute approximate surface area is 158 Å². The van der Waals surface area contributed by atoms with E-state index >= 15 is 0 Å². The van der Waals surface area contributed by atoms with Crippen molar-refractivity contribution in [1.29, 1.82) is 0 Å². The van der Waals surface area contributed by atoms with Gasteiger partial charge in [-0.2, -0.15) is 0 Å². The van der Waals surface area contributed by atoms with Crippen LogP contribution in [-0.2, 0) is 9.53 Å². The lowest BCUT2D eigenvalue weighted by Crippen LogP contribution is -2.47. The zero-order valence-electron chi connectivity index (χ0n) is 15.7. The summed E-state index contributed by atoms with van der Waals surface area (Å²) in [5.74, 6) is -1.77. The van der Waals surface area contributed by atoms with E-state index in [2.05, 4.69) is 4.98 Å². The van der Waals surface area contributed by atoms with Crippen molar-refractivity contribution in [2.45, 2.75) is 38.7 Å². The van der Waals surface area contributed by atoms with Crippen LogP contribution in [-0.4, -0.2) is 45.7 Å². The van der Waals surface area contributed by atoms with Crippen LogP contribution in [0.3, 0.4) is 0 Å². The summed E-state index contributed by atoms with van der Waals surface area (Å²) in [4.78, 5) is 30.1. The number of benzene rings is 1. The molecule has 2 atom stereocenters. The van der Waals surface area contributed by atoms with E-state index in [0.29, 0.717) is 24.6 Å². The summed E-state index contributed by atoms with van der Waals surface area (Å²) >= 11 is 0. The van der Waals surface area contributed by atoms with E-state index in [1.165, 1.54) is 4.90 Å². The number of aromatic nitrogens is 1. The first-order chi connectivity index (χ1) is 12.7. The van der Waals surface area contributed by atoms with E-state index in [1.54, 1.807) is 27.0 Å². The molecule has 0 unspecified atom stereocenters. The Bertz CT molecular complexity index is 809. The molecular formula is C20H24N2O5. The molecule has 3 rings (SSSR count). The predicted molar refractivity (Wildman–Crippen MR) is 98.2 cm³/mol. The van der Waals surface area contributed by atoms with Crippen LogP contribution in [0.4, 0.5) is 4.79 Å². The van der Waals surface area contributed by atoms with Gasteiger partial charge in [0.15, 0.2) is 5.89 Å². The van der Waals surface area contributed by atoms with Gasteiger partial charge < -0.3 is 19.2 Å². The fraction of sp³-hybridized carbons (Fsp3) is 0.450. The molecule has 1 aromatic carbocycles. The number of carboxylic acids is 1. The van der Waals surface area contributed by atoms with Crippen molar-refractivity contribution in [2.24, 2.45) is 5.92 Å². The second-order valence-corrected chi connectivity index (χ2v) is 7.70. The number of likely N-dealkylation sites (tertiary alicyclic amines) is 1. The molecule has 0 aliphatic carbocycles. The summed E-state index contributed by atoms with van der Waals surface area (Å²) in [5.41, 5.74) is 0.953. The number of hydrogen-bond acceptors (Lipinski definition) is 5. The first-order valence-electron chi connectivity index (χ1n) is 8.96. The van der Waals surface area contributed by atoms with Gasteiger partial charge in [-0.15, -0.1) is 0 Å². The highest BCUT2D eigenvalue weighted by Gasteiger charge is 2.40. The Morgan fingerprint density at radius 3 is 2.59 bits per heavy atom. The SMILES string of the molecule is CC(C)(C)OC(=O)N1CC[C@H](c2nc(-c3ccccc3)co2)[C@@H](C(=O)O)C1. The van der Waals surface area contributed by atoms with Crippen molar-refractivity contribution in [3.8, 4) is 11.3 Å². The molecule has 7 heteroatoms. The van der Waals surface area contributed by atoms with Crippen molar-refractivity contribution in [1.82, 2.24) is 9.88 Å². The van der Waals surface area contributed by atoms with Gasteiger partial charge in [-0.1, -0.05) is 30.3 Å². The highest BCUT2D eigenvalue weighted by Crippen LogP contribution is 2.34. The van der Waals surface area contributed by atoms with E-state index in [0.717, 1.165) is 5.56 Å². The standard InChI is InChI=1S/C20H24N2O5/c1-20(2,3)27-19(25)22-10-9-14(15(11-22)18(23)24)17-21-16(12-26-17)13-7-5-4-6-8-13/h4-8,12,14-15H,9-11H2,1-3H3,(H,23,24)/t14-,15-/m0/s1. The molecular weight excluding hydrogens is 348 g/mol. The van der Waals surface area contributed by atoms with Gasteiger partial charge in [-0.05, 0) is 27.2 Å². The van der Waals surface area contributed by atoms with Gasteiger partial charge in [0.05, 0.1) is 11.8 Å². The molecule has 0 bridgehead atoms. The van der Waals surface area contributed by atoms with Gasteiger partial charge in [0.1, 0.15) is 17.6 Å². The molecule has 1 aliphatic heterocycles. The Morgan fingerprint density at radius 2 is 1.96 bits per heavy atom. The van der Waals surface area contributed by atoms with Crippen molar-refractivity contribution in [3.05, 3.63) is 42.5 Å². The van der Waals surface area contributed by atoms with Crippen LogP contribution in [0.25, 0.3) is 11.3 Å². The Hall–Kier alpha value is -2.83. The number of oxazole rings is 1. The zero-order chi connectivity index (χ0) is 19.6. The Morgan fingerprint density at radius 1 is 1.26 bits per heavy atom. The smallest absolute Gasteiger partial charge is 0.410 e. The summed E-state index contributed by atoms with van der Waals surface area (Å²) in [6, 6.07) is 9.56. The summed E-state index contributed by atoms with van der Waals surface area (Å²) in [6.45, 7) is 5.81. The molecule has 7 nitrogen and oxygen atoms in total. The molecule has 2 heterocycles. The monoisotopic (exact) mass is 372 g/mol. The van der Waals surface area contributed by atoms with Crippen molar-refractivity contribution >= 4 is 12.1 Å². The van der Waals surface area contributed by atoms with Crippen molar-refractivity contribution in [3.63, 3.8) is 0 Å². The molecule has 2 aromatic rings. The fourth-order valence-electron chi connectivity index (χ4n) is 3.19. The van der Waals surface area contributed by atoms with E-state index in [9.17, 15) is 14.7 Å². The number of ether oxygens (including phenoxy) is 1. The summed E-state index contributed by atoms with van der Waals surface area (Å²) in [6.07, 6.45) is 1.50. The van der Waals surface area contributed by atoms with Crippen LogP contribution in [0.5, 0.6) is 0 Å². The number of rotatable bonds is 3. The van der Waals surface area contributed by atoms with E-state index in [1.807, 2.05) is 30.3 Å². The highest BCUT2D eigenvalue weighted by molar-refractivity contribution is 5.74. The quantitative estimate of drug-likeness (QED) is 0.882. The fourth-order valence-corrected chi connectivity index (χ4v) is 3.19. The van der Waals surface area contributed by atoms with Crippen LogP contribution < -0.4 is 0 Å². The lowest BCUT2D eigenvalue weighted by Gasteiger charge is -2.35. The third-order valence-corrected chi connectivity index (χ3v) is 4.49. The van der Waals surface area contributed by atoms with Crippen molar-refractivity contribution in [2.75, 3.05) is 13.1 Å². The summed E-state index contributed by atoms with van der Waals surface area (Å²) in [7, 11) is 0. The molecule has 27 heavy (non-hydrogen) atoms. The van der Waals surface area contributed by atoms with Gasteiger partial charge >= 0.3 is 12.1 Å². The number of amides is 1. The predicted octanol–water partition coefficient (Wildman–Crippen LogP) is 3.77. The maximum absolute atomic E-state index is 12.3. The highest BCUT2D eigenvalue weighted by atomic mass is 16.6. The number of carbonyl (C=O) groups excluding carboxylic acids is 1. The lowest BCUT2D eigenvalue weighted by atomic mass is 9.85. The minimum atomic E-state index is -0.979. The van der Waals surface area contributed by atoms with Crippen LogP contribution in [0.15, 0.2) is 41.0 Å².